The third-order valence-electron chi connectivity index (χ3n) is 5.21. The Hall–Kier alpha value is -2.99. The molecule has 2 aliphatic heterocycles. The Kier molecular flexibility index (Phi) is 4.31. The zero-order chi connectivity index (χ0) is 20.1. The molecule has 0 saturated carbocycles. The predicted molar refractivity (Wildman–Crippen MR) is 102 cm³/mol. The van der Waals surface area contributed by atoms with Gasteiger partial charge in [0.05, 0.1) is 5.60 Å². The lowest BCUT2D eigenvalue weighted by molar-refractivity contribution is -0.141. The van der Waals surface area contributed by atoms with Crippen LogP contribution in [0.2, 0.25) is 0 Å². The van der Waals surface area contributed by atoms with Crippen LogP contribution in [0.1, 0.15) is 30.5 Å². The van der Waals surface area contributed by atoms with E-state index in [1.165, 1.54) is 12.1 Å². The normalized spacial score (nSPS) is 21.5. The van der Waals surface area contributed by atoms with Crippen molar-refractivity contribution in [1.82, 2.24) is 0 Å². The molecule has 0 aromatic heterocycles. The van der Waals surface area contributed by atoms with Crippen LogP contribution in [0.15, 0.2) is 48.2 Å². The van der Waals surface area contributed by atoms with Crippen molar-refractivity contribution >= 4 is 11.5 Å². The second kappa shape index (κ2) is 6.56. The van der Waals surface area contributed by atoms with E-state index in [1.807, 2.05) is 18.2 Å². The number of aromatic hydroxyl groups is 1. The minimum absolute atomic E-state index is 0.102. The summed E-state index contributed by atoms with van der Waals surface area (Å²) in [4.78, 5) is 11.9. The molecular weight excluding hydrogens is 360 g/mol. The van der Waals surface area contributed by atoms with Crippen molar-refractivity contribution in [2.24, 2.45) is 0 Å². The molecule has 2 heterocycles. The largest absolute Gasteiger partial charge is 0.508 e. The van der Waals surface area contributed by atoms with Gasteiger partial charge in [0.1, 0.15) is 23.7 Å². The molecule has 3 N–H and O–H groups in total. The van der Waals surface area contributed by atoms with Crippen molar-refractivity contribution in [2.45, 2.75) is 44.5 Å². The number of hydrogen-bond donors (Lipinski definition) is 3. The third-order valence-corrected chi connectivity index (χ3v) is 5.21. The Labute approximate surface area is 162 Å². The number of cyclic esters (lactones) is 1. The van der Waals surface area contributed by atoms with E-state index in [0.29, 0.717) is 24.0 Å². The van der Waals surface area contributed by atoms with Gasteiger partial charge in [0.25, 0.3) is 0 Å². The second-order valence-corrected chi connectivity index (χ2v) is 7.81. The number of aliphatic hydroxyl groups excluding tert-OH is 1. The lowest BCUT2D eigenvalue weighted by atomic mass is 9.93. The molecular formula is C22H22O6. The average molecular weight is 382 g/mol. The van der Waals surface area contributed by atoms with E-state index in [9.17, 15) is 20.1 Å². The Morgan fingerprint density at radius 2 is 1.79 bits per heavy atom. The molecule has 0 unspecified atom stereocenters. The van der Waals surface area contributed by atoms with Gasteiger partial charge in [-0.3, -0.25) is 0 Å². The zero-order valence-electron chi connectivity index (χ0n) is 15.7. The van der Waals surface area contributed by atoms with E-state index in [-0.39, 0.29) is 11.9 Å². The van der Waals surface area contributed by atoms with Crippen LogP contribution in [-0.4, -0.2) is 39.1 Å². The van der Waals surface area contributed by atoms with Gasteiger partial charge >= 0.3 is 5.97 Å². The summed E-state index contributed by atoms with van der Waals surface area (Å²) in [6.07, 6.45) is 0.0660. The van der Waals surface area contributed by atoms with E-state index in [0.717, 1.165) is 16.9 Å². The highest BCUT2D eigenvalue weighted by atomic mass is 16.6. The number of aliphatic hydroxyl groups is 2. The molecule has 2 aliphatic rings. The Balaban J connectivity index is 1.58. The van der Waals surface area contributed by atoms with E-state index >= 15 is 0 Å². The van der Waals surface area contributed by atoms with Crippen LogP contribution in [0.5, 0.6) is 11.5 Å². The number of benzene rings is 2. The maximum atomic E-state index is 11.9. The van der Waals surface area contributed by atoms with Gasteiger partial charge < -0.3 is 24.8 Å². The molecule has 2 aromatic carbocycles. The molecule has 28 heavy (non-hydrogen) atoms. The molecule has 6 nitrogen and oxygen atoms in total. The van der Waals surface area contributed by atoms with Crippen LogP contribution in [0, 0.1) is 0 Å². The van der Waals surface area contributed by atoms with Crippen molar-refractivity contribution in [2.75, 3.05) is 0 Å². The molecule has 2 atom stereocenters. The monoisotopic (exact) mass is 382 g/mol. The lowest BCUT2D eigenvalue weighted by Gasteiger charge is -2.24. The Bertz CT molecular complexity index is 952. The molecule has 0 bridgehead atoms. The number of carbonyl (C=O) groups excluding carboxylic acids is 1. The summed E-state index contributed by atoms with van der Waals surface area (Å²) < 4.78 is 11.2. The average Bonchev–Trinajstić information content (AvgIpc) is 3.17. The Morgan fingerprint density at radius 1 is 1.07 bits per heavy atom. The quantitative estimate of drug-likeness (QED) is 0.704. The molecule has 6 heteroatoms. The lowest BCUT2D eigenvalue weighted by Crippen LogP contribution is -2.39. The van der Waals surface area contributed by atoms with E-state index in [1.54, 1.807) is 26.0 Å². The van der Waals surface area contributed by atoms with Gasteiger partial charge in [0, 0.05) is 18.4 Å². The molecule has 4 rings (SSSR count). The standard InChI is InChI=1S/C22H22O6/c1-22(2,26)18-11-14-9-12(3-8-16(14)27-18)10-17-19(20(24)21(25)28-17)13-4-6-15(23)7-5-13/h3-9,17-18,23-24,26H,10-11H2,1-2H3/t17-,18+/m1/s1. The van der Waals surface area contributed by atoms with Crippen LogP contribution in [-0.2, 0) is 22.4 Å². The predicted octanol–water partition coefficient (Wildman–Crippen LogP) is 2.90. The van der Waals surface area contributed by atoms with E-state index in [2.05, 4.69) is 0 Å². The first kappa shape index (κ1) is 18.4. The van der Waals surface area contributed by atoms with Crippen LogP contribution in [0.4, 0.5) is 0 Å². The van der Waals surface area contributed by atoms with Gasteiger partial charge in [-0.25, -0.2) is 4.79 Å². The molecule has 0 aliphatic carbocycles. The summed E-state index contributed by atoms with van der Waals surface area (Å²) in [5.41, 5.74) is 2.02. The smallest absolute Gasteiger partial charge is 0.374 e. The van der Waals surface area contributed by atoms with Crippen molar-refractivity contribution in [3.05, 3.63) is 64.9 Å². The molecule has 0 saturated heterocycles. The number of ether oxygens (including phenoxy) is 2. The summed E-state index contributed by atoms with van der Waals surface area (Å²) in [5, 5.41) is 29.9. The van der Waals surface area contributed by atoms with Gasteiger partial charge in [-0.15, -0.1) is 0 Å². The summed E-state index contributed by atoms with van der Waals surface area (Å²) in [5.74, 6) is -0.302. The van der Waals surface area contributed by atoms with Gasteiger partial charge in [-0.2, -0.15) is 0 Å². The van der Waals surface area contributed by atoms with Crippen LogP contribution < -0.4 is 4.74 Å². The number of rotatable bonds is 4. The highest BCUT2D eigenvalue weighted by Crippen LogP contribution is 2.36. The molecule has 146 valence electrons. The maximum absolute atomic E-state index is 11.9. The first-order chi connectivity index (χ1) is 13.2. The summed E-state index contributed by atoms with van der Waals surface area (Å²) >= 11 is 0. The minimum Gasteiger partial charge on any atom is -0.508 e. The molecule has 2 aromatic rings. The Morgan fingerprint density at radius 3 is 2.46 bits per heavy atom. The van der Waals surface area contributed by atoms with E-state index < -0.39 is 23.4 Å². The van der Waals surface area contributed by atoms with Gasteiger partial charge in [-0.1, -0.05) is 24.3 Å². The van der Waals surface area contributed by atoms with Gasteiger partial charge in [0.15, 0.2) is 0 Å². The van der Waals surface area contributed by atoms with Crippen molar-refractivity contribution < 1.29 is 29.6 Å². The number of fused-ring (bicyclic) bond motifs is 1. The zero-order valence-corrected chi connectivity index (χ0v) is 15.7. The topological polar surface area (TPSA) is 96.2 Å². The molecule has 0 spiro atoms. The SMILES string of the molecule is CC(C)(O)[C@@H]1Cc2cc(C[C@H]3OC(=O)C(O)=C3c3ccc(O)cc3)ccc2O1. The molecule has 0 radical (unpaired) electrons. The maximum Gasteiger partial charge on any atom is 0.374 e. The number of esters is 1. The van der Waals surface area contributed by atoms with Crippen LogP contribution >= 0.6 is 0 Å². The fraction of sp³-hybridized carbons (Fsp3) is 0.318. The van der Waals surface area contributed by atoms with Crippen LogP contribution in [0.3, 0.4) is 0 Å². The van der Waals surface area contributed by atoms with Crippen molar-refractivity contribution in [1.29, 1.82) is 0 Å². The fourth-order valence-electron chi connectivity index (χ4n) is 3.65. The summed E-state index contributed by atoms with van der Waals surface area (Å²) in [6, 6.07) is 12.0. The highest BCUT2D eigenvalue weighted by Gasteiger charge is 2.37. The summed E-state index contributed by atoms with van der Waals surface area (Å²) in [6.45, 7) is 3.44. The van der Waals surface area contributed by atoms with Crippen molar-refractivity contribution in [3.8, 4) is 11.5 Å². The first-order valence-corrected chi connectivity index (χ1v) is 9.16. The molecule has 0 fully saturated rings. The second-order valence-electron chi connectivity index (χ2n) is 7.81. The highest BCUT2D eigenvalue weighted by molar-refractivity contribution is 6.00. The first-order valence-electron chi connectivity index (χ1n) is 9.16. The summed E-state index contributed by atoms with van der Waals surface area (Å²) in [7, 11) is 0. The third kappa shape index (κ3) is 3.31. The molecule has 0 amide bonds. The van der Waals surface area contributed by atoms with Gasteiger partial charge in [0.2, 0.25) is 5.76 Å². The fourth-order valence-corrected chi connectivity index (χ4v) is 3.65. The number of carbonyl (C=O) groups is 1. The van der Waals surface area contributed by atoms with Crippen molar-refractivity contribution in [3.63, 3.8) is 0 Å². The van der Waals surface area contributed by atoms with Crippen LogP contribution in [0.25, 0.3) is 5.57 Å². The minimum atomic E-state index is -0.944. The number of phenolic OH excluding ortho intramolecular Hbond substituents is 1. The van der Waals surface area contributed by atoms with Gasteiger partial charge in [-0.05, 0) is 48.7 Å². The number of phenols is 1. The van der Waals surface area contributed by atoms with E-state index in [4.69, 9.17) is 9.47 Å². The number of hydrogen-bond acceptors (Lipinski definition) is 6.